The van der Waals surface area contributed by atoms with Crippen LogP contribution in [0.4, 0.5) is 0 Å². The van der Waals surface area contributed by atoms with E-state index in [4.69, 9.17) is 5.73 Å². The summed E-state index contributed by atoms with van der Waals surface area (Å²) in [4.78, 5) is 28.6. The van der Waals surface area contributed by atoms with Gasteiger partial charge in [0.25, 0.3) is 5.91 Å². The molecule has 1 heterocycles. The van der Waals surface area contributed by atoms with Gasteiger partial charge in [0.15, 0.2) is 0 Å². The number of amides is 2. The third kappa shape index (κ3) is 4.42. The highest BCUT2D eigenvalue weighted by molar-refractivity contribution is 5.97. The van der Waals surface area contributed by atoms with Gasteiger partial charge in [-0.3, -0.25) is 14.5 Å². The molecule has 0 saturated carbocycles. The van der Waals surface area contributed by atoms with Crippen LogP contribution < -0.4 is 5.73 Å². The summed E-state index contributed by atoms with van der Waals surface area (Å²) in [7, 11) is 1.88. The maximum atomic E-state index is 13.0. The summed E-state index contributed by atoms with van der Waals surface area (Å²) in [5, 5.41) is 0. The lowest BCUT2D eigenvalue weighted by molar-refractivity contribution is 0.0271. The Labute approximate surface area is 167 Å². The first kappa shape index (κ1) is 20.1. The summed E-state index contributed by atoms with van der Waals surface area (Å²) in [5.41, 5.74) is 7.60. The number of hydrogen-bond donors (Lipinski definition) is 1. The summed E-state index contributed by atoms with van der Waals surface area (Å²) in [6, 6.07) is 17.3. The van der Waals surface area contributed by atoms with Crippen LogP contribution in [-0.4, -0.2) is 47.8 Å². The van der Waals surface area contributed by atoms with Gasteiger partial charge in [0.2, 0.25) is 5.91 Å². The Morgan fingerprint density at radius 1 is 0.964 bits per heavy atom. The highest BCUT2D eigenvalue weighted by Gasteiger charge is 2.36. The van der Waals surface area contributed by atoms with Gasteiger partial charge in [0.1, 0.15) is 0 Å². The second-order valence-electron chi connectivity index (χ2n) is 7.98. The second kappa shape index (κ2) is 8.57. The number of likely N-dealkylation sites (tertiary alicyclic amines) is 1. The smallest absolute Gasteiger partial charge is 0.253 e. The predicted octanol–water partition coefficient (Wildman–Crippen LogP) is 3.01. The highest BCUT2D eigenvalue weighted by atomic mass is 16.2. The van der Waals surface area contributed by atoms with Gasteiger partial charge in [-0.1, -0.05) is 44.2 Å². The van der Waals surface area contributed by atoms with Crippen molar-refractivity contribution in [1.82, 2.24) is 9.80 Å². The molecular weight excluding hydrogens is 350 g/mol. The van der Waals surface area contributed by atoms with Crippen molar-refractivity contribution in [3.63, 3.8) is 0 Å². The first-order chi connectivity index (χ1) is 13.4. The lowest BCUT2D eigenvalue weighted by Crippen LogP contribution is -2.55. The minimum Gasteiger partial charge on any atom is -0.366 e. The fourth-order valence-electron chi connectivity index (χ4n) is 4.52. The maximum absolute atomic E-state index is 13.0. The standard InChI is InChI=1S/C23H29N3O2/c1-16-13-26(15-18-7-5-4-6-8-18)14-17(2)21(16)25(3)23(28)20-11-9-19(10-12-20)22(24)27/h4-12,16-17,21H,13-15H2,1-3H3,(H2,24,27)/t16-,17-/m1/s1. The van der Waals surface area contributed by atoms with Crippen LogP contribution >= 0.6 is 0 Å². The van der Waals surface area contributed by atoms with E-state index in [0.29, 0.717) is 23.0 Å². The number of hydrogen-bond acceptors (Lipinski definition) is 3. The van der Waals surface area contributed by atoms with E-state index in [-0.39, 0.29) is 11.9 Å². The highest BCUT2D eigenvalue weighted by Crippen LogP contribution is 2.28. The molecular formula is C23H29N3O2. The maximum Gasteiger partial charge on any atom is 0.253 e. The van der Waals surface area contributed by atoms with Crippen molar-refractivity contribution >= 4 is 11.8 Å². The summed E-state index contributed by atoms with van der Waals surface area (Å²) in [6.07, 6.45) is 0. The average molecular weight is 380 g/mol. The van der Waals surface area contributed by atoms with Crippen molar-refractivity contribution in [2.45, 2.75) is 26.4 Å². The van der Waals surface area contributed by atoms with E-state index in [0.717, 1.165) is 19.6 Å². The van der Waals surface area contributed by atoms with Crippen LogP contribution in [0.15, 0.2) is 54.6 Å². The van der Waals surface area contributed by atoms with Crippen LogP contribution in [0, 0.1) is 11.8 Å². The molecule has 1 aliphatic heterocycles. The largest absolute Gasteiger partial charge is 0.366 e. The Balaban J connectivity index is 1.67. The third-order valence-electron chi connectivity index (χ3n) is 5.69. The van der Waals surface area contributed by atoms with Gasteiger partial charge < -0.3 is 10.6 Å². The quantitative estimate of drug-likeness (QED) is 0.868. The first-order valence-electron chi connectivity index (χ1n) is 9.80. The van der Waals surface area contributed by atoms with E-state index in [1.54, 1.807) is 24.3 Å². The summed E-state index contributed by atoms with van der Waals surface area (Å²) in [6.45, 7) is 7.30. The zero-order chi connectivity index (χ0) is 20.3. The molecule has 0 spiro atoms. The molecule has 0 aliphatic carbocycles. The lowest BCUT2D eigenvalue weighted by atomic mass is 9.84. The van der Waals surface area contributed by atoms with Crippen LogP contribution in [0.1, 0.15) is 40.1 Å². The monoisotopic (exact) mass is 379 g/mol. The number of rotatable bonds is 5. The topological polar surface area (TPSA) is 66.6 Å². The molecule has 3 rings (SSSR count). The Bertz CT molecular complexity index is 808. The normalized spacial score (nSPS) is 20.7. The Hall–Kier alpha value is -2.66. The van der Waals surface area contributed by atoms with Gasteiger partial charge in [-0.2, -0.15) is 0 Å². The van der Waals surface area contributed by atoms with E-state index in [1.807, 2.05) is 18.0 Å². The molecule has 2 amide bonds. The molecule has 1 fully saturated rings. The molecule has 2 aromatic rings. The number of nitrogens with two attached hydrogens (primary N) is 1. The van der Waals surface area contributed by atoms with Crippen molar-refractivity contribution in [3.05, 3.63) is 71.3 Å². The first-order valence-corrected chi connectivity index (χ1v) is 9.80. The molecule has 1 saturated heterocycles. The van der Waals surface area contributed by atoms with Gasteiger partial charge in [0.05, 0.1) is 0 Å². The molecule has 2 N–H and O–H groups in total. The third-order valence-corrected chi connectivity index (χ3v) is 5.69. The molecule has 0 unspecified atom stereocenters. The van der Waals surface area contributed by atoms with Crippen LogP contribution in [-0.2, 0) is 6.54 Å². The fourth-order valence-corrected chi connectivity index (χ4v) is 4.52. The average Bonchev–Trinajstić information content (AvgIpc) is 2.67. The second-order valence-corrected chi connectivity index (χ2v) is 7.98. The molecule has 148 valence electrons. The predicted molar refractivity (Wildman–Crippen MR) is 111 cm³/mol. The molecule has 2 aromatic carbocycles. The van der Waals surface area contributed by atoms with Crippen molar-refractivity contribution in [1.29, 1.82) is 0 Å². The molecule has 0 bridgehead atoms. The fraction of sp³-hybridized carbons (Fsp3) is 0.391. The number of piperidine rings is 1. The minimum absolute atomic E-state index is 0.0174. The van der Waals surface area contributed by atoms with E-state index in [2.05, 4.69) is 43.0 Å². The van der Waals surface area contributed by atoms with E-state index >= 15 is 0 Å². The van der Waals surface area contributed by atoms with Gasteiger partial charge in [-0.05, 0) is 41.7 Å². The zero-order valence-corrected chi connectivity index (χ0v) is 16.8. The van der Waals surface area contributed by atoms with Crippen molar-refractivity contribution < 1.29 is 9.59 Å². The molecule has 5 heteroatoms. The number of carbonyl (C=O) groups is 2. The van der Waals surface area contributed by atoms with Crippen molar-refractivity contribution in [2.24, 2.45) is 17.6 Å². The SMILES string of the molecule is C[C@@H]1CN(Cc2ccccc2)C[C@@H](C)C1N(C)C(=O)c1ccc(C(N)=O)cc1. The van der Waals surface area contributed by atoms with Gasteiger partial charge in [-0.25, -0.2) is 0 Å². The Morgan fingerprint density at radius 2 is 1.50 bits per heavy atom. The van der Waals surface area contributed by atoms with Gasteiger partial charge >= 0.3 is 0 Å². The van der Waals surface area contributed by atoms with Crippen LogP contribution in [0.2, 0.25) is 0 Å². The van der Waals surface area contributed by atoms with E-state index in [1.165, 1.54) is 5.56 Å². The number of primary amides is 1. The van der Waals surface area contributed by atoms with Crippen molar-refractivity contribution in [2.75, 3.05) is 20.1 Å². The summed E-state index contributed by atoms with van der Waals surface area (Å²) >= 11 is 0. The van der Waals surface area contributed by atoms with E-state index in [9.17, 15) is 9.59 Å². The Morgan fingerprint density at radius 3 is 2.04 bits per heavy atom. The van der Waals surface area contributed by atoms with Crippen LogP contribution in [0.3, 0.4) is 0 Å². The Kier molecular flexibility index (Phi) is 6.15. The number of carbonyl (C=O) groups excluding carboxylic acids is 2. The lowest BCUT2D eigenvalue weighted by Gasteiger charge is -2.45. The van der Waals surface area contributed by atoms with Gasteiger partial charge in [-0.15, -0.1) is 0 Å². The van der Waals surface area contributed by atoms with Gasteiger partial charge in [0, 0.05) is 43.9 Å². The molecule has 2 atom stereocenters. The summed E-state index contributed by atoms with van der Waals surface area (Å²) in [5.74, 6) is 0.231. The van der Waals surface area contributed by atoms with Crippen LogP contribution in [0.5, 0.6) is 0 Å². The minimum atomic E-state index is -0.486. The number of benzene rings is 2. The molecule has 5 nitrogen and oxygen atoms in total. The van der Waals surface area contributed by atoms with E-state index < -0.39 is 5.91 Å². The molecule has 0 radical (unpaired) electrons. The van der Waals surface area contributed by atoms with Crippen LogP contribution in [0.25, 0.3) is 0 Å². The van der Waals surface area contributed by atoms with Crippen molar-refractivity contribution in [3.8, 4) is 0 Å². The zero-order valence-electron chi connectivity index (χ0n) is 16.8. The summed E-state index contributed by atoms with van der Waals surface area (Å²) < 4.78 is 0. The molecule has 0 aromatic heterocycles. The molecule has 28 heavy (non-hydrogen) atoms. The number of nitrogens with zero attached hydrogens (tertiary/aromatic N) is 2. The molecule has 1 aliphatic rings.